The van der Waals surface area contributed by atoms with Gasteiger partial charge in [0.05, 0.1) is 10.4 Å². The molecule has 0 radical (unpaired) electrons. The van der Waals surface area contributed by atoms with E-state index < -0.39 is 0 Å². The Morgan fingerprint density at radius 2 is 1.48 bits per heavy atom. The lowest BCUT2D eigenvalue weighted by Gasteiger charge is -2.57. The maximum absolute atomic E-state index is 13.2. The third-order valence-electron chi connectivity index (χ3n) is 6.68. The van der Waals surface area contributed by atoms with Crippen molar-refractivity contribution in [1.82, 2.24) is 4.90 Å². The zero-order valence-electron chi connectivity index (χ0n) is 12.7. The van der Waals surface area contributed by atoms with Gasteiger partial charge in [-0.3, -0.25) is 4.79 Å². The molecule has 1 amide bonds. The molecule has 1 aliphatic heterocycles. The van der Waals surface area contributed by atoms with Crippen LogP contribution in [0.5, 0.6) is 0 Å². The number of thiocarbonyl (C=S) groups is 1. The molecule has 5 aliphatic rings. The molecule has 116 valence electrons. The molecule has 21 heavy (non-hydrogen) atoms. The van der Waals surface area contributed by atoms with Crippen LogP contribution in [0.15, 0.2) is 0 Å². The summed E-state index contributed by atoms with van der Waals surface area (Å²) in [5.74, 6) is 3.35. The van der Waals surface area contributed by atoms with E-state index in [0.29, 0.717) is 16.8 Å². The number of carbonyl (C=O) groups excluding carboxylic acids is 1. The minimum Gasteiger partial charge on any atom is -0.393 e. The van der Waals surface area contributed by atoms with E-state index in [-0.39, 0.29) is 5.41 Å². The monoisotopic (exact) mass is 306 g/mol. The van der Waals surface area contributed by atoms with Crippen LogP contribution < -0.4 is 5.73 Å². The maximum Gasteiger partial charge on any atom is 0.228 e. The standard InChI is InChI=1S/C17H26N2OS/c18-15(21)14-1-3-19(4-2-14)16(20)17-8-11-5-12(9-17)7-13(6-11)10-17/h11-14H,1-10H2,(H2,18,21). The molecule has 0 aromatic rings. The Labute approximate surface area is 132 Å². The summed E-state index contributed by atoms with van der Waals surface area (Å²) in [5, 5.41) is 0. The molecule has 2 N–H and O–H groups in total. The largest absolute Gasteiger partial charge is 0.393 e. The van der Waals surface area contributed by atoms with Crippen LogP contribution in [-0.2, 0) is 4.79 Å². The second-order valence-corrected chi connectivity index (χ2v) is 8.64. The highest BCUT2D eigenvalue weighted by atomic mass is 32.1. The van der Waals surface area contributed by atoms with E-state index in [4.69, 9.17) is 18.0 Å². The third-order valence-corrected chi connectivity index (χ3v) is 7.01. The number of rotatable bonds is 2. The Morgan fingerprint density at radius 1 is 1.00 bits per heavy atom. The van der Waals surface area contributed by atoms with Gasteiger partial charge in [-0.2, -0.15) is 0 Å². The van der Waals surface area contributed by atoms with Gasteiger partial charge in [0.2, 0.25) is 5.91 Å². The number of amides is 1. The maximum atomic E-state index is 13.2. The summed E-state index contributed by atoms with van der Waals surface area (Å²) in [5.41, 5.74) is 5.78. The highest BCUT2D eigenvalue weighted by Crippen LogP contribution is 2.60. The van der Waals surface area contributed by atoms with Crippen LogP contribution in [0.3, 0.4) is 0 Å². The smallest absolute Gasteiger partial charge is 0.228 e. The van der Waals surface area contributed by atoms with E-state index in [9.17, 15) is 4.79 Å². The number of piperidine rings is 1. The number of hydrogen-bond donors (Lipinski definition) is 1. The van der Waals surface area contributed by atoms with Crippen LogP contribution in [0.4, 0.5) is 0 Å². The molecule has 0 aromatic carbocycles. The van der Waals surface area contributed by atoms with Crippen molar-refractivity contribution in [3.63, 3.8) is 0 Å². The Bertz CT molecular complexity index is 432. The van der Waals surface area contributed by atoms with Crippen molar-refractivity contribution in [2.75, 3.05) is 13.1 Å². The van der Waals surface area contributed by atoms with Crippen molar-refractivity contribution in [1.29, 1.82) is 0 Å². The number of hydrogen-bond acceptors (Lipinski definition) is 2. The summed E-state index contributed by atoms with van der Waals surface area (Å²) in [6.07, 6.45) is 9.65. The van der Waals surface area contributed by atoms with Crippen molar-refractivity contribution < 1.29 is 4.79 Å². The second kappa shape index (κ2) is 4.94. The van der Waals surface area contributed by atoms with Gasteiger partial charge in [-0.15, -0.1) is 0 Å². The van der Waals surface area contributed by atoms with Gasteiger partial charge in [0.25, 0.3) is 0 Å². The fourth-order valence-corrected chi connectivity index (χ4v) is 6.31. The summed E-state index contributed by atoms with van der Waals surface area (Å²) < 4.78 is 0. The molecule has 1 saturated heterocycles. The van der Waals surface area contributed by atoms with Crippen LogP contribution in [0, 0.1) is 29.1 Å². The molecule has 1 heterocycles. The lowest BCUT2D eigenvalue weighted by atomic mass is 9.49. The molecular weight excluding hydrogens is 280 g/mol. The topological polar surface area (TPSA) is 46.3 Å². The lowest BCUT2D eigenvalue weighted by Crippen LogP contribution is -2.56. The van der Waals surface area contributed by atoms with Gasteiger partial charge < -0.3 is 10.6 Å². The molecule has 4 saturated carbocycles. The zero-order valence-corrected chi connectivity index (χ0v) is 13.5. The van der Waals surface area contributed by atoms with E-state index in [0.717, 1.165) is 43.7 Å². The quantitative estimate of drug-likeness (QED) is 0.798. The molecule has 4 bridgehead atoms. The molecule has 5 fully saturated rings. The van der Waals surface area contributed by atoms with Crippen molar-refractivity contribution in [3.8, 4) is 0 Å². The summed E-state index contributed by atoms with van der Waals surface area (Å²) in [6, 6.07) is 0. The van der Waals surface area contributed by atoms with Crippen molar-refractivity contribution in [2.45, 2.75) is 51.4 Å². The summed E-state index contributed by atoms with van der Waals surface area (Å²) in [7, 11) is 0. The van der Waals surface area contributed by atoms with Gasteiger partial charge in [-0.1, -0.05) is 12.2 Å². The molecule has 3 nitrogen and oxygen atoms in total. The predicted molar refractivity (Wildman–Crippen MR) is 86.7 cm³/mol. The van der Waals surface area contributed by atoms with E-state index in [1.54, 1.807) is 0 Å². The van der Waals surface area contributed by atoms with Crippen LogP contribution in [0.25, 0.3) is 0 Å². The lowest BCUT2D eigenvalue weighted by molar-refractivity contribution is -0.158. The van der Waals surface area contributed by atoms with Crippen LogP contribution in [-0.4, -0.2) is 28.9 Å². The summed E-state index contributed by atoms with van der Waals surface area (Å²) in [4.78, 5) is 16.0. The average Bonchev–Trinajstić information content (AvgIpc) is 2.45. The first kappa shape index (κ1) is 14.0. The Balaban J connectivity index is 1.47. The van der Waals surface area contributed by atoms with Gasteiger partial charge >= 0.3 is 0 Å². The van der Waals surface area contributed by atoms with E-state index >= 15 is 0 Å². The van der Waals surface area contributed by atoms with E-state index in [1.165, 1.54) is 38.5 Å². The fraction of sp³-hybridized carbons (Fsp3) is 0.882. The van der Waals surface area contributed by atoms with E-state index in [1.807, 2.05) is 0 Å². The molecular formula is C17H26N2OS. The summed E-state index contributed by atoms with van der Waals surface area (Å²) >= 11 is 5.11. The average molecular weight is 306 g/mol. The molecule has 0 aromatic heterocycles. The highest BCUT2D eigenvalue weighted by molar-refractivity contribution is 7.80. The molecule has 5 rings (SSSR count). The van der Waals surface area contributed by atoms with E-state index in [2.05, 4.69) is 4.90 Å². The first-order chi connectivity index (χ1) is 10.1. The van der Waals surface area contributed by atoms with Crippen LogP contribution in [0.2, 0.25) is 0 Å². The van der Waals surface area contributed by atoms with Gasteiger partial charge in [0.15, 0.2) is 0 Å². The van der Waals surface area contributed by atoms with Crippen molar-refractivity contribution in [3.05, 3.63) is 0 Å². The van der Waals surface area contributed by atoms with Crippen molar-refractivity contribution >= 4 is 23.1 Å². The minimum absolute atomic E-state index is 0.0187. The molecule has 4 aliphatic carbocycles. The number of nitrogens with zero attached hydrogens (tertiary/aromatic N) is 1. The van der Waals surface area contributed by atoms with Gasteiger partial charge in [0, 0.05) is 19.0 Å². The van der Waals surface area contributed by atoms with Crippen molar-refractivity contribution in [2.24, 2.45) is 34.8 Å². The first-order valence-electron chi connectivity index (χ1n) is 8.64. The van der Waals surface area contributed by atoms with Crippen LogP contribution in [0.1, 0.15) is 51.4 Å². The summed E-state index contributed by atoms with van der Waals surface area (Å²) in [6.45, 7) is 1.73. The predicted octanol–water partition coefficient (Wildman–Crippen LogP) is 2.73. The number of likely N-dealkylation sites (tertiary alicyclic amines) is 1. The fourth-order valence-electron chi connectivity index (χ4n) is 6.08. The molecule has 0 unspecified atom stereocenters. The van der Waals surface area contributed by atoms with Gasteiger partial charge in [-0.05, 0) is 69.1 Å². The highest BCUT2D eigenvalue weighted by Gasteiger charge is 2.55. The number of carbonyl (C=O) groups is 1. The minimum atomic E-state index is 0.0187. The Hall–Kier alpha value is -0.640. The van der Waals surface area contributed by atoms with Gasteiger partial charge in [-0.25, -0.2) is 0 Å². The first-order valence-corrected chi connectivity index (χ1v) is 9.05. The van der Waals surface area contributed by atoms with Gasteiger partial charge in [0.1, 0.15) is 0 Å². The molecule has 0 atom stereocenters. The zero-order chi connectivity index (χ0) is 14.6. The molecule has 4 heteroatoms. The molecule has 0 spiro atoms. The Kier molecular flexibility index (Phi) is 3.29. The normalized spacial score (nSPS) is 42.3. The number of nitrogens with two attached hydrogens (primary N) is 1. The van der Waals surface area contributed by atoms with Crippen LogP contribution >= 0.6 is 12.2 Å². The SMILES string of the molecule is NC(=S)C1CCN(C(=O)C23CC4CC(CC(C4)C2)C3)CC1. The third kappa shape index (κ3) is 2.30. The Morgan fingerprint density at radius 3 is 1.90 bits per heavy atom. The second-order valence-electron chi connectivity index (χ2n) is 8.17.